The van der Waals surface area contributed by atoms with E-state index >= 15 is 0 Å². The lowest BCUT2D eigenvalue weighted by Crippen LogP contribution is -2.06. The highest BCUT2D eigenvalue weighted by Crippen LogP contribution is 2.23. The van der Waals surface area contributed by atoms with Crippen LogP contribution in [0.25, 0.3) is 11.5 Å². The number of halogens is 1. The van der Waals surface area contributed by atoms with E-state index in [1.807, 2.05) is 30.3 Å². The summed E-state index contributed by atoms with van der Waals surface area (Å²) in [6, 6.07) is 16.9. The summed E-state index contributed by atoms with van der Waals surface area (Å²) >= 11 is 4.36. The first-order valence-electron chi connectivity index (χ1n) is 8.08. The minimum Gasteiger partial charge on any atom is -0.607 e. The summed E-state index contributed by atoms with van der Waals surface area (Å²) in [5.74, 6) is 0.444. The van der Waals surface area contributed by atoms with E-state index in [2.05, 4.69) is 20.5 Å². The number of aromatic nitrogens is 5. The van der Waals surface area contributed by atoms with Gasteiger partial charge in [-0.15, -0.1) is 10.2 Å². The van der Waals surface area contributed by atoms with Gasteiger partial charge >= 0.3 is 5.22 Å². The van der Waals surface area contributed by atoms with E-state index < -0.39 is 11.2 Å². The van der Waals surface area contributed by atoms with Gasteiger partial charge in [-0.3, -0.25) is 0 Å². The summed E-state index contributed by atoms with van der Waals surface area (Å²) in [6.45, 7) is 0.599. The van der Waals surface area contributed by atoms with Gasteiger partial charge in [-0.05, 0) is 29.8 Å². The molecule has 0 aliphatic rings. The topological polar surface area (TPSA) is 92.7 Å². The molecule has 2 aromatic heterocycles. The molecule has 0 saturated carbocycles. The van der Waals surface area contributed by atoms with Crippen LogP contribution in [0.2, 0.25) is 5.02 Å². The van der Waals surface area contributed by atoms with Crippen LogP contribution in [-0.4, -0.2) is 29.7 Å². The minimum atomic E-state index is -1.51. The number of benzene rings is 2. The van der Waals surface area contributed by atoms with Gasteiger partial charge in [0, 0.05) is 10.6 Å². The van der Waals surface area contributed by atoms with Gasteiger partial charge in [0.25, 0.3) is 5.89 Å². The number of hydrogen-bond acceptors (Lipinski definition) is 6. The molecule has 0 radical (unpaired) electrons. The summed E-state index contributed by atoms with van der Waals surface area (Å²) in [5.41, 5.74) is 2.42. The Morgan fingerprint density at radius 1 is 1.00 bits per heavy atom. The van der Waals surface area contributed by atoms with Crippen LogP contribution in [0.5, 0.6) is 0 Å². The van der Waals surface area contributed by atoms with Gasteiger partial charge in [-0.1, -0.05) is 52.2 Å². The summed E-state index contributed by atoms with van der Waals surface area (Å²) in [4.78, 5) is 0. The summed E-state index contributed by atoms with van der Waals surface area (Å²) in [5, 5.41) is 16.6. The van der Waals surface area contributed by atoms with Crippen LogP contribution in [0.15, 0.2) is 70.4 Å². The van der Waals surface area contributed by atoms with Crippen LogP contribution in [0.4, 0.5) is 0 Å². The van der Waals surface area contributed by atoms with Crippen molar-refractivity contribution < 1.29 is 8.97 Å². The summed E-state index contributed by atoms with van der Waals surface area (Å²) in [6.07, 6.45) is 1.77. The minimum absolute atomic E-state index is 0.0533. The van der Waals surface area contributed by atoms with Crippen LogP contribution in [0, 0.1) is 0 Å². The van der Waals surface area contributed by atoms with Crippen molar-refractivity contribution >= 4 is 22.8 Å². The first kappa shape index (κ1) is 17.7. The van der Waals surface area contributed by atoms with Gasteiger partial charge < -0.3 is 8.97 Å². The average molecular weight is 400 g/mol. The normalized spacial score (nSPS) is 12.2. The molecular weight excluding hydrogens is 386 g/mol. The molecule has 0 N–H and O–H groups in total. The fourth-order valence-electron chi connectivity index (χ4n) is 2.46. The van der Waals surface area contributed by atoms with E-state index in [9.17, 15) is 4.55 Å². The van der Waals surface area contributed by atoms with Gasteiger partial charge in [0.2, 0.25) is 0 Å². The highest BCUT2D eigenvalue weighted by molar-refractivity contribution is 7.90. The molecule has 4 rings (SSSR count). The molecule has 0 aliphatic heterocycles. The number of rotatable bonds is 6. The molecular formula is C18H14ClN5O2S. The lowest BCUT2D eigenvalue weighted by atomic mass is 10.2. The van der Waals surface area contributed by atoms with Crippen molar-refractivity contribution in [1.82, 2.24) is 25.2 Å². The molecule has 0 bridgehead atoms. The van der Waals surface area contributed by atoms with Crippen molar-refractivity contribution in [2.24, 2.45) is 0 Å². The van der Waals surface area contributed by atoms with Gasteiger partial charge in [-0.25, -0.2) is 4.68 Å². The van der Waals surface area contributed by atoms with E-state index in [0.717, 1.165) is 5.56 Å². The molecule has 1 unspecified atom stereocenters. The molecule has 0 fully saturated rings. The van der Waals surface area contributed by atoms with E-state index in [1.165, 1.54) is 0 Å². The Labute approximate surface area is 163 Å². The van der Waals surface area contributed by atoms with E-state index in [-0.39, 0.29) is 11.0 Å². The first-order chi connectivity index (χ1) is 13.2. The van der Waals surface area contributed by atoms with Crippen molar-refractivity contribution in [2.45, 2.75) is 17.5 Å². The highest BCUT2D eigenvalue weighted by Gasteiger charge is 2.23. The molecule has 9 heteroatoms. The molecule has 0 amide bonds. The van der Waals surface area contributed by atoms with Crippen molar-refractivity contribution in [2.75, 3.05) is 0 Å². The molecule has 2 heterocycles. The predicted molar refractivity (Wildman–Crippen MR) is 100 cm³/mol. The number of nitrogens with zero attached hydrogens (tertiary/aromatic N) is 5. The molecule has 2 aromatic carbocycles. The summed E-state index contributed by atoms with van der Waals surface area (Å²) < 4.78 is 19.7. The van der Waals surface area contributed by atoms with Gasteiger partial charge in [0.15, 0.2) is 5.75 Å². The third-order valence-corrected chi connectivity index (χ3v) is 5.11. The monoisotopic (exact) mass is 399 g/mol. The maximum absolute atomic E-state index is 12.5. The predicted octanol–water partition coefficient (Wildman–Crippen LogP) is 3.34. The Morgan fingerprint density at radius 2 is 1.78 bits per heavy atom. The van der Waals surface area contributed by atoms with E-state index in [4.69, 9.17) is 16.0 Å². The van der Waals surface area contributed by atoms with Crippen LogP contribution in [0.3, 0.4) is 0 Å². The number of hydrogen-bond donors (Lipinski definition) is 0. The average Bonchev–Trinajstić information content (AvgIpc) is 3.33. The lowest BCUT2D eigenvalue weighted by Gasteiger charge is -2.02. The van der Waals surface area contributed by atoms with E-state index in [0.29, 0.717) is 28.7 Å². The molecule has 136 valence electrons. The smallest absolute Gasteiger partial charge is 0.436 e. The quantitative estimate of drug-likeness (QED) is 0.461. The zero-order valence-corrected chi connectivity index (χ0v) is 15.6. The molecule has 0 aliphatic carbocycles. The maximum Gasteiger partial charge on any atom is 0.436 e. The second-order valence-corrected chi connectivity index (χ2v) is 7.53. The van der Waals surface area contributed by atoms with Gasteiger partial charge in [0.1, 0.15) is 5.69 Å². The third-order valence-electron chi connectivity index (χ3n) is 3.74. The lowest BCUT2D eigenvalue weighted by molar-refractivity contribution is 0.439. The highest BCUT2D eigenvalue weighted by atomic mass is 35.5. The third kappa shape index (κ3) is 4.36. The van der Waals surface area contributed by atoms with Crippen LogP contribution in [-0.2, 0) is 23.5 Å². The first-order valence-corrected chi connectivity index (χ1v) is 9.78. The van der Waals surface area contributed by atoms with Gasteiger partial charge in [-0.2, -0.15) is 0 Å². The zero-order valence-electron chi connectivity index (χ0n) is 14.0. The van der Waals surface area contributed by atoms with E-state index in [1.54, 1.807) is 35.1 Å². The second kappa shape index (κ2) is 7.91. The maximum atomic E-state index is 12.5. The SMILES string of the molecule is [O-][S+](Cc1cn(Cc2ccccc2)nn1)c1nnc(-c2ccc(Cl)cc2)o1. The standard InChI is InChI=1S/C18H14ClN5O2S/c19-15-8-6-14(7-9-15)17-21-22-18(26-17)27(25)12-16-11-24(23-20-16)10-13-4-2-1-3-5-13/h1-9,11H,10,12H2. The Kier molecular flexibility index (Phi) is 5.19. The van der Waals surface area contributed by atoms with Crippen LogP contribution in [0.1, 0.15) is 11.3 Å². The Bertz CT molecular complexity index is 1020. The Hall–Kier alpha value is -2.68. The zero-order chi connectivity index (χ0) is 18.6. The molecule has 0 saturated heterocycles. The van der Waals surface area contributed by atoms with Gasteiger partial charge in [0.05, 0.1) is 23.9 Å². The largest absolute Gasteiger partial charge is 0.607 e. The Balaban J connectivity index is 1.42. The molecule has 0 spiro atoms. The molecule has 4 aromatic rings. The van der Waals surface area contributed by atoms with Crippen LogP contribution < -0.4 is 0 Å². The van der Waals surface area contributed by atoms with Crippen molar-refractivity contribution in [3.05, 3.63) is 77.1 Å². The summed E-state index contributed by atoms with van der Waals surface area (Å²) in [7, 11) is 0. The molecule has 1 atom stereocenters. The fraction of sp³-hybridized carbons (Fsp3) is 0.111. The van der Waals surface area contributed by atoms with Crippen LogP contribution >= 0.6 is 11.6 Å². The van der Waals surface area contributed by atoms with Crippen molar-refractivity contribution in [1.29, 1.82) is 0 Å². The molecule has 7 nitrogen and oxygen atoms in total. The Morgan fingerprint density at radius 3 is 2.56 bits per heavy atom. The molecule has 27 heavy (non-hydrogen) atoms. The second-order valence-electron chi connectivity index (χ2n) is 5.76. The fourth-order valence-corrected chi connectivity index (χ4v) is 3.41. The van der Waals surface area contributed by atoms with Crippen molar-refractivity contribution in [3.8, 4) is 11.5 Å². The van der Waals surface area contributed by atoms with Crippen molar-refractivity contribution in [3.63, 3.8) is 0 Å².